The van der Waals surface area contributed by atoms with Crippen LogP contribution < -0.4 is 20.7 Å². The number of allylic oxidation sites excluding steroid dienone is 1. The van der Waals surface area contributed by atoms with Crippen molar-refractivity contribution in [1.29, 1.82) is 0 Å². The molecule has 2 saturated heterocycles. The molecule has 3 aromatic rings. The second-order valence-corrected chi connectivity index (χ2v) is 18.2. The summed E-state index contributed by atoms with van der Waals surface area (Å²) in [5, 5.41) is 62.4. The minimum Gasteiger partial charge on any atom is -0.488 e. The standard InChI is InChI=1S/C48H64N6O11/c1-29-20-35-21-30(2)43(29)64-27-31-12-10-15-33(22-31)36(50-46(60)34-16-11-19-63-28-34)17-8-3-4-9-18-48(47(61)62)23-38(55)41(44(65-48)42(58)39(56)24-49-45(35)59)51-40(57)26-54-25-37(52-53-54)32-13-6-5-7-14-32/h4,9-10,12,15,20-22,25,32,34,36,38-39,41-42,44,55-56,58H,3,5-8,11,13-14,16-19,23-24,26-28H2,1-2H3,(H,49,59)(H,50,60)(H,51,57)(H,61,62)/b9-4+/t34?,36-,38+,39-,41-,42-,44-,48-/m1/s1. The fourth-order valence-electron chi connectivity index (χ4n) is 9.63. The van der Waals surface area contributed by atoms with E-state index in [1.165, 1.54) is 11.1 Å². The Morgan fingerprint density at radius 3 is 2.46 bits per heavy atom. The van der Waals surface area contributed by atoms with Gasteiger partial charge in [-0.1, -0.05) is 60.9 Å². The van der Waals surface area contributed by atoms with Crippen LogP contribution >= 0.6 is 0 Å². The largest absolute Gasteiger partial charge is 0.488 e. The summed E-state index contributed by atoms with van der Waals surface area (Å²) in [5.41, 5.74) is 2.20. The molecule has 8 rings (SSSR count). The van der Waals surface area contributed by atoms with Gasteiger partial charge in [0.1, 0.15) is 31.1 Å². The van der Waals surface area contributed by atoms with Crippen LogP contribution in [0.15, 0.2) is 54.7 Å². The first-order chi connectivity index (χ1) is 31.3. The van der Waals surface area contributed by atoms with Crippen molar-refractivity contribution < 1.29 is 53.8 Å². The number of rotatable bonds is 7. The van der Waals surface area contributed by atoms with Crippen LogP contribution in [0.1, 0.15) is 127 Å². The molecule has 352 valence electrons. The average molecular weight is 901 g/mol. The van der Waals surface area contributed by atoms with E-state index in [1.54, 1.807) is 24.4 Å². The van der Waals surface area contributed by atoms with Gasteiger partial charge in [-0.2, -0.15) is 0 Å². The van der Waals surface area contributed by atoms with Gasteiger partial charge >= 0.3 is 5.97 Å². The van der Waals surface area contributed by atoms with E-state index in [0.717, 1.165) is 55.3 Å². The van der Waals surface area contributed by atoms with Crippen LogP contribution in [0, 0.1) is 19.8 Å². The van der Waals surface area contributed by atoms with Crippen LogP contribution in [0.25, 0.3) is 0 Å². The molecular weight excluding hydrogens is 837 g/mol. The van der Waals surface area contributed by atoms with Gasteiger partial charge in [0.25, 0.3) is 5.91 Å². The van der Waals surface area contributed by atoms with Crippen LogP contribution in [0.3, 0.4) is 0 Å². The van der Waals surface area contributed by atoms with Gasteiger partial charge in [0.05, 0.1) is 42.5 Å². The molecule has 4 aliphatic heterocycles. The number of carbonyl (C=O) groups is 4. The number of carboxylic acid groups (broad SMARTS) is 1. The van der Waals surface area contributed by atoms with Gasteiger partial charge in [-0.05, 0) is 93.2 Å². The second kappa shape index (κ2) is 21.9. The smallest absolute Gasteiger partial charge is 0.336 e. The van der Waals surface area contributed by atoms with Gasteiger partial charge in [-0.25, -0.2) is 9.48 Å². The van der Waals surface area contributed by atoms with Crippen molar-refractivity contribution in [2.75, 3.05) is 19.8 Å². The summed E-state index contributed by atoms with van der Waals surface area (Å²) in [6, 6.07) is 9.48. The molecule has 1 aromatic heterocycles. The average Bonchev–Trinajstić information content (AvgIpc) is 3.77. The lowest BCUT2D eigenvalue weighted by Gasteiger charge is -2.47. The van der Waals surface area contributed by atoms with E-state index < -0.39 is 66.8 Å². The van der Waals surface area contributed by atoms with Gasteiger partial charge in [-0.3, -0.25) is 14.4 Å². The maximum Gasteiger partial charge on any atom is 0.336 e. The minimum atomic E-state index is -2.06. The van der Waals surface area contributed by atoms with Gasteiger partial charge in [-0.15, -0.1) is 5.10 Å². The number of aryl methyl sites for hydroxylation is 2. The summed E-state index contributed by atoms with van der Waals surface area (Å²) < 4.78 is 19.5. The molecule has 1 saturated carbocycles. The van der Waals surface area contributed by atoms with E-state index in [-0.39, 0.29) is 48.9 Å². The highest BCUT2D eigenvalue weighted by atomic mass is 16.6. The predicted molar refractivity (Wildman–Crippen MR) is 237 cm³/mol. The van der Waals surface area contributed by atoms with E-state index in [1.807, 2.05) is 44.2 Å². The number of aromatic nitrogens is 3. The lowest BCUT2D eigenvalue weighted by molar-refractivity contribution is -0.226. The van der Waals surface area contributed by atoms with Crippen molar-refractivity contribution in [2.24, 2.45) is 5.92 Å². The van der Waals surface area contributed by atoms with E-state index in [0.29, 0.717) is 49.4 Å². The Bertz CT molecular complexity index is 2140. The molecule has 1 aliphatic carbocycles. The topological polar surface area (TPSA) is 244 Å². The molecule has 0 spiro atoms. The van der Waals surface area contributed by atoms with E-state index in [2.05, 4.69) is 26.3 Å². The Hall–Kier alpha value is -5.20. The van der Waals surface area contributed by atoms with Crippen molar-refractivity contribution >= 4 is 23.7 Å². The van der Waals surface area contributed by atoms with Gasteiger partial charge < -0.3 is 50.6 Å². The van der Waals surface area contributed by atoms with Crippen molar-refractivity contribution in [3.05, 3.63) is 88.3 Å². The number of nitrogens with one attached hydrogen (secondary N) is 3. The molecule has 3 fully saturated rings. The molecule has 5 aliphatic rings. The Morgan fingerprint density at radius 1 is 0.938 bits per heavy atom. The zero-order chi connectivity index (χ0) is 46.1. The number of ether oxygens (including phenoxy) is 3. The number of aliphatic hydroxyl groups is 3. The summed E-state index contributed by atoms with van der Waals surface area (Å²) in [6.45, 7) is 4.13. The monoisotopic (exact) mass is 900 g/mol. The lowest BCUT2D eigenvalue weighted by atomic mass is 9.81. The Morgan fingerprint density at radius 2 is 1.72 bits per heavy atom. The molecule has 65 heavy (non-hydrogen) atoms. The highest BCUT2D eigenvalue weighted by molar-refractivity contribution is 5.95. The number of amides is 3. The molecule has 2 aromatic carbocycles. The molecule has 8 atom stereocenters. The number of hydrogen-bond acceptors (Lipinski definition) is 12. The van der Waals surface area contributed by atoms with Gasteiger partial charge in [0.2, 0.25) is 11.8 Å². The minimum absolute atomic E-state index is 0.0784. The summed E-state index contributed by atoms with van der Waals surface area (Å²) in [7, 11) is 0. The summed E-state index contributed by atoms with van der Waals surface area (Å²) in [4.78, 5) is 53.6. The SMILES string of the molecule is Cc1cc2cc(C)c1OCc1cccc(c1)[C@H](NC(=O)C1CCCOC1)CCC/C=C/C[C@]1(C(=O)O)C[C@H](O)[C@@H](NC(=O)Cn3cc(C4CCCCC4)nn3)[C@@H](O1)[C@H](O)[C@H](O)CNC2=O. The number of nitrogens with zero attached hydrogens (tertiary/aromatic N) is 3. The number of benzene rings is 2. The van der Waals surface area contributed by atoms with Gasteiger partial charge in [0, 0.05) is 43.7 Å². The molecule has 3 amide bonds. The fourth-order valence-corrected chi connectivity index (χ4v) is 9.63. The zero-order valence-corrected chi connectivity index (χ0v) is 37.3. The van der Waals surface area contributed by atoms with Crippen LogP contribution in [0.5, 0.6) is 5.75 Å². The molecule has 7 N–H and O–H groups in total. The fraction of sp³-hybridized carbons (Fsp3) is 0.583. The highest BCUT2D eigenvalue weighted by Crippen LogP contribution is 2.36. The van der Waals surface area contributed by atoms with Crippen LogP contribution in [-0.2, 0) is 37.0 Å². The van der Waals surface area contributed by atoms with Crippen LogP contribution in [0.4, 0.5) is 0 Å². The van der Waals surface area contributed by atoms with Crippen molar-refractivity contribution in [3.8, 4) is 5.75 Å². The third kappa shape index (κ3) is 12.0. The van der Waals surface area contributed by atoms with Crippen molar-refractivity contribution in [2.45, 2.75) is 152 Å². The first-order valence-electron chi connectivity index (χ1n) is 23.1. The van der Waals surface area contributed by atoms with Crippen molar-refractivity contribution in [3.63, 3.8) is 0 Å². The normalized spacial score (nSPS) is 29.1. The molecule has 6 bridgehead atoms. The second-order valence-electron chi connectivity index (χ2n) is 18.2. The molecule has 5 heterocycles. The number of carbonyl (C=O) groups excluding carboxylic acids is 3. The zero-order valence-electron chi connectivity index (χ0n) is 37.3. The number of carboxylic acids is 1. The Kier molecular flexibility index (Phi) is 16.1. The number of aliphatic hydroxyl groups excluding tert-OH is 3. The van der Waals surface area contributed by atoms with E-state index in [4.69, 9.17) is 14.2 Å². The van der Waals surface area contributed by atoms with Crippen molar-refractivity contribution in [1.82, 2.24) is 30.9 Å². The molecule has 17 heteroatoms. The van der Waals surface area contributed by atoms with Crippen LogP contribution in [-0.4, -0.2) is 115 Å². The summed E-state index contributed by atoms with van der Waals surface area (Å²) in [5.74, 6) is -2.04. The number of hydrogen-bond donors (Lipinski definition) is 7. The summed E-state index contributed by atoms with van der Waals surface area (Å²) >= 11 is 0. The quantitative estimate of drug-likeness (QED) is 0.167. The van der Waals surface area contributed by atoms with Gasteiger partial charge in [0.15, 0.2) is 5.60 Å². The first kappa shape index (κ1) is 47.8. The Balaban J connectivity index is 1.13. The number of aliphatic carboxylic acids is 1. The predicted octanol–water partition coefficient (Wildman–Crippen LogP) is 3.85. The first-order valence-corrected chi connectivity index (χ1v) is 23.1. The van der Waals surface area contributed by atoms with Crippen LogP contribution in [0.2, 0.25) is 0 Å². The molecular formula is C48H64N6O11. The maximum absolute atomic E-state index is 13.5. The third-order valence-corrected chi connectivity index (χ3v) is 13.3. The number of fused-ring (bicyclic) bond motifs is 12. The summed E-state index contributed by atoms with van der Waals surface area (Å²) in [6.07, 6.45) is 6.38. The third-order valence-electron chi connectivity index (χ3n) is 13.3. The molecule has 17 nitrogen and oxygen atoms in total. The van der Waals surface area contributed by atoms with E-state index >= 15 is 0 Å². The Labute approximate surface area is 379 Å². The molecule has 1 unspecified atom stereocenters. The lowest BCUT2D eigenvalue weighted by Crippen LogP contribution is -2.67. The highest BCUT2D eigenvalue weighted by Gasteiger charge is 2.54. The molecule has 0 radical (unpaired) electrons. The van der Waals surface area contributed by atoms with E-state index in [9.17, 15) is 39.6 Å². The maximum atomic E-state index is 13.5.